The standard InChI is InChI=1S/C7H9N5O2/c8-7(13)11(5-10-9)6-3-1-2-4-12(6)14/h1-5H,9H2,(H2,8,13). The van der Waals surface area contributed by atoms with Gasteiger partial charge in [0.15, 0.2) is 0 Å². The summed E-state index contributed by atoms with van der Waals surface area (Å²) in [6.07, 6.45) is 2.20. The van der Waals surface area contributed by atoms with E-state index in [-0.39, 0.29) is 5.82 Å². The summed E-state index contributed by atoms with van der Waals surface area (Å²) in [5.41, 5.74) is 5.01. The SMILES string of the molecule is NN=CN(C(N)=O)c1cccc[n+]1[O-]. The van der Waals surface area contributed by atoms with Gasteiger partial charge in [0, 0.05) is 6.07 Å². The van der Waals surface area contributed by atoms with E-state index in [2.05, 4.69) is 5.10 Å². The molecular weight excluding hydrogens is 186 g/mol. The summed E-state index contributed by atoms with van der Waals surface area (Å²) in [7, 11) is 0. The van der Waals surface area contributed by atoms with Gasteiger partial charge in [0.1, 0.15) is 0 Å². The van der Waals surface area contributed by atoms with Crippen molar-refractivity contribution >= 4 is 18.2 Å². The minimum Gasteiger partial charge on any atom is -0.711 e. The normalized spacial score (nSPS) is 10.3. The van der Waals surface area contributed by atoms with Gasteiger partial charge in [-0.1, -0.05) is 6.07 Å². The Morgan fingerprint density at radius 1 is 1.64 bits per heavy atom. The van der Waals surface area contributed by atoms with Crippen molar-refractivity contribution in [2.24, 2.45) is 16.7 Å². The van der Waals surface area contributed by atoms with Crippen LogP contribution in [0.1, 0.15) is 0 Å². The highest BCUT2D eigenvalue weighted by atomic mass is 16.5. The van der Waals surface area contributed by atoms with E-state index in [0.717, 1.165) is 11.2 Å². The Bertz CT molecular complexity index is 365. The maximum absolute atomic E-state index is 11.2. The smallest absolute Gasteiger partial charge is 0.412 e. The third-order valence-corrected chi connectivity index (χ3v) is 1.47. The minimum absolute atomic E-state index is 0.0363. The lowest BCUT2D eigenvalue weighted by molar-refractivity contribution is -0.591. The number of carbonyl (C=O) groups excluding carboxylic acids is 1. The van der Waals surface area contributed by atoms with Crippen LogP contribution in [0.3, 0.4) is 0 Å². The number of hydrogen-bond acceptors (Lipinski definition) is 4. The monoisotopic (exact) mass is 195 g/mol. The third-order valence-electron chi connectivity index (χ3n) is 1.47. The molecule has 7 nitrogen and oxygen atoms in total. The molecule has 0 aromatic carbocycles. The first-order valence-corrected chi connectivity index (χ1v) is 3.67. The maximum atomic E-state index is 11.2. The van der Waals surface area contributed by atoms with Gasteiger partial charge in [0.2, 0.25) is 6.34 Å². The van der Waals surface area contributed by atoms with Crippen molar-refractivity contribution in [3.8, 4) is 0 Å². The van der Waals surface area contributed by atoms with Crippen molar-refractivity contribution in [2.45, 2.75) is 0 Å². The fraction of sp³-hybridized carbons (Fsp3) is 0. The van der Waals surface area contributed by atoms with Gasteiger partial charge in [0.25, 0.3) is 5.82 Å². The fourth-order valence-corrected chi connectivity index (χ4v) is 0.901. The number of rotatable bonds is 2. The van der Waals surface area contributed by atoms with Crippen molar-refractivity contribution in [3.63, 3.8) is 0 Å². The van der Waals surface area contributed by atoms with Gasteiger partial charge < -0.3 is 16.8 Å². The number of anilines is 1. The number of nitrogens with two attached hydrogens (primary N) is 2. The Morgan fingerprint density at radius 2 is 2.36 bits per heavy atom. The highest BCUT2D eigenvalue weighted by Gasteiger charge is 2.20. The van der Waals surface area contributed by atoms with Gasteiger partial charge in [-0.3, -0.25) is 0 Å². The summed E-state index contributed by atoms with van der Waals surface area (Å²) in [6, 6.07) is 3.69. The predicted molar refractivity (Wildman–Crippen MR) is 50.1 cm³/mol. The Hall–Kier alpha value is -2.31. The van der Waals surface area contributed by atoms with Crippen LogP contribution in [0.4, 0.5) is 10.6 Å². The van der Waals surface area contributed by atoms with E-state index < -0.39 is 6.03 Å². The average Bonchev–Trinajstić information content (AvgIpc) is 2.15. The second-order valence-electron chi connectivity index (χ2n) is 2.36. The number of hydrogen-bond donors (Lipinski definition) is 2. The topological polar surface area (TPSA) is 112 Å². The second kappa shape index (κ2) is 4.08. The number of pyridine rings is 1. The highest BCUT2D eigenvalue weighted by Crippen LogP contribution is 2.03. The molecular formula is C7H9N5O2. The first kappa shape index (κ1) is 9.78. The average molecular weight is 195 g/mol. The van der Waals surface area contributed by atoms with Gasteiger partial charge in [0.05, 0.1) is 6.20 Å². The number of hydrazone groups is 1. The molecule has 0 saturated carbocycles. The van der Waals surface area contributed by atoms with Crippen LogP contribution in [0.2, 0.25) is 0 Å². The Kier molecular flexibility index (Phi) is 2.85. The number of aromatic nitrogens is 1. The van der Waals surface area contributed by atoms with Crippen molar-refractivity contribution in [2.75, 3.05) is 4.90 Å². The predicted octanol–water partition coefficient (Wildman–Crippen LogP) is -0.893. The van der Waals surface area contributed by atoms with E-state index in [1.54, 1.807) is 6.07 Å². The molecule has 0 atom stereocenters. The van der Waals surface area contributed by atoms with Crippen LogP contribution in [0.25, 0.3) is 0 Å². The Morgan fingerprint density at radius 3 is 2.86 bits per heavy atom. The molecule has 0 unspecified atom stereocenters. The van der Waals surface area contributed by atoms with Gasteiger partial charge >= 0.3 is 6.03 Å². The number of carbonyl (C=O) groups is 1. The van der Waals surface area contributed by atoms with Crippen LogP contribution < -0.4 is 21.2 Å². The van der Waals surface area contributed by atoms with Crippen LogP contribution in [0, 0.1) is 5.21 Å². The molecule has 1 aromatic heterocycles. The van der Waals surface area contributed by atoms with E-state index in [4.69, 9.17) is 11.6 Å². The van der Waals surface area contributed by atoms with Crippen LogP contribution in [-0.2, 0) is 0 Å². The molecule has 2 amide bonds. The number of urea groups is 1. The molecule has 74 valence electrons. The fourth-order valence-electron chi connectivity index (χ4n) is 0.901. The number of primary amides is 1. The molecule has 0 aliphatic heterocycles. The minimum atomic E-state index is -0.838. The van der Waals surface area contributed by atoms with E-state index in [1.165, 1.54) is 18.3 Å². The summed E-state index contributed by atoms with van der Waals surface area (Å²) in [4.78, 5) is 11.7. The van der Waals surface area contributed by atoms with Gasteiger partial charge in [-0.2, -0.15) is 0 Å². The summed E-state index contributed by atoms with van der Waals surface area (Å²) in [6.45, 7) is 0. The molecule has 0 fully saturated rings. The zero-order valence-corrected chi connectivity index (χ0v) is 7.20. The summed E-state index contributed by atoms with van der Waals surface area (Å²) >= 11 is 0. The van der Waals surface area contributed by atoms with Crippen LogP contribution in [-0.4, -0.2) is 12.4 Å². The summed E-state index contributed by atoms with van der Waals surface area (Å²) < 4.78 is 0.479. The number of nitrogens with zero attached hydrogens (tertiary/aromatic N) is 3. The molecule has 0 aliphatic carbocycles. The lowest BCUT2D eigenvalue weighted by Gasteiger charge is -2.11. The van der Waals surface area contributed by atoms with Crippen LogP contribution >= 0.6 is 0 Å². The third kappa shape index (κ3) is 1.89. The Labute approximate surface area is 79.8 Å². The molecule has 1 rings (SSSR count). The van der Waals surface area contributed by atoms with E-state index in [0.29, 0.717) is 4.73 Å². The summed E-state index contributed by atoms with van der Waals surface area (Å²) in [5.74, 6) is 4.90. The molecule has 4 N–H and O–H groups in total. The number of amides is 2. The summed E-state index contributed by atoms with van der Waals surface area (Å²) in [5, 5.41) is 14.3. The van der Waals surface area contributed by atoms with Crippen molar-refractivity contribution < 1.29 is 9.52 Å². The van der Waals surface area contributed by atoms with Gasteiger partial charge in [-0.05, 0) is 6.07 Å². The van der Waals surface area contributed by atoms with Crippen molar-refractivity contribution in [1.82, 2.24) is 0 Å². The molecule has 7 heteroatoms. The lowest BCUT2D eigenvalue weighted by Crippen LogP contribution is -2.43. The second-order valence-corrected chi connectivity index (χ2v) is 2.36. The molecule has 0 saturated heterocycles. The molecule has 0 bridgehead atoms. The molecule has 14 heavy (non-hydrogen) atoms. The quantitative estimate of drug-likeness (QED) is 0.159. The Balaban J connectivity index is 3.11. The first-order chi connectivity index (χ1) is 6.66. The van der Waals surface area contributed by atoms with Crippen LogP contribution in [0.5, 0.6) is 0 Å². The van der Waals surface area contributed by atoms with Crippen LogP contribution in [0.15, 0.2) is 29.5 Å². The first-order valence-electron chi connectivity index (χ1n) is 3.67. The van der Waals surface area contributed by atoms with E-state index in [9.17, 15) is 10.0 Å². The van der Waals surface area contributed by atoms with Gasteiger partial charge in [-0.15, -0.1) is 10.0 Å². The largest absolute Gasteiger partial charge is 0.711 e. The van der Waals surface area contributed by atoms with E-state index in [1.807, 2.05) is 0 Å². The zero-order valence-electron chi connectivity index (χ0n) is 7.20. The van der Waals surface area contributed by atoms with Gasteiger partial charge in [-0.25, -0.2) is 9.52 Å². The molecule has 0 radical (unpaired) electrons. The molecule has 1 aromatic rings. The molecule has 0 aliphatic rings. The van der Waals surface area contributed by atoms with Crippen molar-refractivity contribution in [3.05, 3.63) is 29.6 Å². The molecule has 0 spiro atoms. The van der Waals surface area contributed by atoms with E-state index >= 15 is 0 Å². The molecule has 1 heterocycles. The lowest BCUT2D eigenvalue weighted by atomic mass is 10.4. The highest BCUT2D eigenvalue weighted by molar-refractivity contribution is 6.05. The van der Waals surface area contributed by atoms with Crippen molar-refractivity contribution in [1.29, 1.82) is 0 Å². The zero-order chi connectivity index (χ0) is 10.6. The maximum Gasteiger partial charge on any atom is 0.412 e.